The molecule has 108 valence electrons. The van der Waals surface area contributed by atoms with Gasteiger partial charge in [-0.25, -0.2) is 8.42 Å². The van der Waals surface area contributed by atoms with Gasteiger partial charge < -0.3 is 10.4 Å². The lowest BCUT2D eigenvalue weighted by atomic mass is 9.79. The van der Waals surface area contributed by atoms with E-state index in [2.05, 4.69) is 5.32 Å². The molecule has 0 aromatic carbocycles. The minimum absolute atomic E-state index is 0.139. The first-order chi connectivity index (χ1) is 8.74. The summed E-state index contributed by atoms with van der Waals surface area (Å²) in [6.07, 6.45) is 1.98. The number of rotatable bonds is 6. The van der Waals surface area contributed by atoms with Crippen molar-refractivity contribution in [2.24, 2.45) is 5.41 Å². The Hall–Kier alpha value is -1.37. The molecule has 0 radical (unpaired) electrons. The molecule has 0 saturated heterocycles. The van der Waals surface area contributed by atoms with Crippen LogP contribution in [0.1, 0.15) is 33.1 Å². The van der Waals surface area contributed by atoms with Gasteiger partial charge in [0.25, 0.3) is 0 Å². The predicted molar refractivity (Wildman–Crippen MR) is 70.1 cm³/mol. The molecule has 1 rings (SSSR count). The van der Waals surface area contributed by atoms with Crippen molar-refractivity contribution in [1.29, 1.82) is 0 Å². The van der Waals surface area contributed by atoms with Crippen LogP contribution in [0.3, 0.4) is 0 Å². The number of sulfone groups is 1. The molecule has 1 unspecified atom stereocenters. The molecule has 7 heteroatoms. The average Bonchev–Trinajstić information content (AvgIpc) is 2.65. The predicted octanol–water partition coefficient (Wildman–Crippen LogP) is 0.694. The molecule has 0 bridgehead atoms. The molecule has 19 heavy (non-hydrogen) atoms. The average molecular weight is 289 g/mol. The lowest BCUT2D eigenvalue weighted by molar-refractivity contribution is -0.152. The summed E-state index contributed by atoms with van der Waals surface area (Å²) < 4.78 is 22.4. The van der Waals surface area contributed by atoms with E-state index in [1.54, 1.807) is 13.8 Å². The smallest absolute Gasteiger partial charge is 0.310 e. The first-order valence-corrected chi connectivity index (χ1v) is 7.90. The summed E-state index contributed by atoms with van der Waals surface area (Å²) in [6.45, 7) is 3.45. The zero-order valence-electron chi connectivity index (χ0n) is 11.0. The molecule has 1 aliphatic rings. The van der Waals surface area contributed by atoms with Gasteiger partial charge in [0.15, 0.2) is 9.84 Å². The van der Waals surface area contributed by atoms with Crippen molar-refractivity contribution in [3.05, 3.63) is 11.5 Å². The first kappa shape index (κ1) is 15.7. The lowest BCUT2D eigenvalue weighted by Crippen LogP contribution is -2.41. The maximum absolute atomic E-state index is 11.8. The maximum Gasteiger partial charge on any atom is 0.310 e. The van der Waals surface area contributed by atoms with Gasteiger partial charge in [0.1, 0.15) is 0 Å². The summed E-state index contributed by atoms with van der Waals surface area (Å²) in [5.41, 5.74) is -1.08. The zero-order chi connectivity index (χ0) is 14.7. The van der Waals surface area contributed by atoms with E-state index in [4.69, 9.17) is 0 Å². The van der Waals surface area contributed by atoms with Gasteiger partial charge in [0, 0.05) is 11.8 Å². The summed E-state index contributed by atoms with van der Waals surface area (Å²) >= 11 is 0. The largest absolute Gasteiger partial charge is 0.481 e. The number of carboxylic acids is 1. The molecule has 1 aliphatic heterocycles. The number of hydrogen-bond donors (Lipinski definition) is 2. The number of carboxylic acid groups (broad SMARTS) is 1. The molecule has 0 aromatic rings. The molecule has 1 amide bonds. The van der Waals surface area contributed by atoms with Crippen LogP contribution in [0, 0.1) is 5.41 Å². The molecule has 0 spiro atoms. The van der Waals surface area contributed by atoms with Crippen LogP contribution in [0.2, 0.25) is 0 Å². The highest BCUT2D eigenvalue weighted by Crippen LogP contribution is 2.31. The molecule has 0 fully saturated rings. The van der Waals surface area contributed by atoms with Gasteiger partial charge >= 0.3 is 5.97 Å². The first-order valence-electron chi connectivity index (χ1n) is 6.18. The topological polar surface area (TPSA) is 101 Å². The summed E-state index contributed by atoms with van der Waals surface area (Å²) in [5, 5.41) is 12.8. The second-order valence-electron chi connectivity index (χ2n) is 4.80. The third-order valence-corrected chi connectivity index (χ3v) is 4.98. The molecule has 0 aliphatic carbocycles. The molecular formula is C12H19NO5S. The Morgan fingerprint density at radius 2 is 1.95 bits per heavy atom. The number of carbonyl (C=O) groups is 2. The van der Waals surface area contributed by atoms with Gasteiger partial charge in [-0.15, -0.1) is 0 Å². The highest BCUT2D eigenvalue weighted by Gasteiger charge is 2.37. The van der Waals surface area contributed by atoms with Crippen LogP contribution < -0.4 is 5.32 Å². The van der Waals surface area contributed by atoms with Gasteiger partial charge in [-0.3, -0.25) is 9.59 Å². The minimum atomic E-state index is -3.22. The Balaban J connectivity index is 2.65. The van der Waals surface area contributed by atoms with Crippen LogP contribution in [0.4, 0.5) is 0 Å². The number of carbonyl (C=O) groups excluding carboxylic acids is 1. The summed E-state index contributed by atoms with van der Waals surface area (Å²) in [7, 11) is -3.22. The normalized spacial score (nSPS) is 21.3. The Morgan fingerprint density at radius 3 is 2.32 bits per heavy atom. The van der Waals surface area contributed by atoms with Crippen molar-refractivity contribution in [2.45, 2.75) is 39.2 Å². The molecular weight excluding hydrogens is 270 g/mol. The van der Waals surface area contributed by atoms with Crippen molar-refractivity contribution >= 4 is 21.7 Å². The Bertz CT molecular complexity index is 490. The third-order valence-electron chi connectivity index (χ3n) is 3.58. The van der Waals surface area contributed by atoms with Crippen LogP contribution >= 0.6 is 0 Å². The molecule has 0 saturated carbocycles. The number of aliphatic carboxylic acids is 1. The van der Waals surface area contributed by atoms with Crippen molar-refractivity contribution in [1.82, 2.24) is 5.32 Å². The van der Waals surface area contributed by atoms with Crippen LogP contribution in [0.25, 0.3) is 0 Å². The van der Waals surface area contributed by atoms with E-state index in [-0.39, 0.29) is 12.2 Å². The van der Waals surface area contributed by atoms with E-state index in [1.165, 1.54) is 6.08 Å². The van der Waals surface area contributed by atoms with Gasteiger partial charge in [-0.05, 0) is 18.9 Å². The highest BCUT2D eigenvalue weighted by molar-refractivity contribution is 7.94. The van der Waals surface area contributed by atoms with E-state index >= 15 is 0 Å². The fourth-order valence-corrected chi connectivity index (χ4v) is 3.34. The second-order valence-corrected chi connectivity index (χ2v) is 6.73. The fourth-order valence-electron chi connectivity index (χ4n) is 2.11. The Morgan fingerprint density at radius 1 is 1.37 bits per heavy atom. The fraction of sp³-hybridized carbons (Fsp3) is 0.667. The number of hydrogen-bond acceptors (Lipinski definition) is 4. The summed E-state index contributed by atoms with van der Waals surface area (Å²) in [6, 6.07) is -0.558. The standard InChI is InChI=1S/C12H19NO5S/c1-3-12(4-2,11(15)16)7-10(14)13-9-5-6-19(17,18)8-9/h5-6,9H,3-4,7-8H2,1-2H3,(H,13,14)(H,15,16). The Labute approximate surface area is 112 Å². The minimum Gasteiger partial charge on any atom is -0.481 e. The molecule has 1 heterocycles. The van der Waals surface area contributed by atoms with E-state index in [9.17, 15) is 23.1 Å². The molecule has 1 atom stereocenters. The SMILES string of the molecule is CCC(CC)(CC(=O)NC1C=CS(=O)(=O)C1)C(=O)O. The van der Waals surface area contributed by atoms with Gasteiger partial charge in [-0.1, -0.05) is 13.8 Å². The summed E-state index contributed by atoms with van der Waals surface area (Å²) in [4.78, 5) is 23.1. The molecule has 0 aromatic heterocycles. The van der Waals surface area contributed by atoms with Crippen molar-refractivity contribution < 1.29 is 23.1 Å². The monoisotopic (exact) mass is 289 g/mol. The van der Waals surface area contributed by atoms with Crippen LogP contribution in [0.5, 0.6) is 0 Å². The van der Waals surface area contributed by atoms with Crippen LogP contribution in [0.15, 0.2) is 11.5 Å². The number of nitrogens with one attached hydrogen (secondary N) is 1. The van der Waals surface area contributed by atoms with Gasteiger partial charge in [0.2, 0.25) is 5.91 Å². The Kier molecular flexibility index (Phi) is 4.73. The van der Waals surface area contributed by atoms with Crippen LogP contribution in [-0.2, 0) is 19.4 Å². The van der Waals surface area contributed by atoms with Crippen LogP contribution in [-0.4, -0.2) is 37.2 Å². The van der Waals surface area contributed by atoms with E-state index in [1.807, 2.05) is 0 Å². The second kappa shape index (κ2) is 5.73. The van der Waals surface area contributed by atoms with E-state index < -0.39 is 33.2 Å². The summed E-state index contributed by atoms with van der Waals surface area (Å²) in [5.74, 6) is -1.59. The van der Waals surface area contributed by atoms with Crippen molar-refractivity contribution in [3.8, 4) is 0 Å². The van der Waals surface area contributed by atoms with Gasteiger partial charge in [0.05, 0.1) is 17.2 Å². The quantitative estimate of drug-likeness (QED) is 0.749. The lowest BCUT2D eigenvalue weighted by Gasteiger charge is -2.26. The molecule has 2 N–H and O–H groups in total. The van der Waals surface area contributed by atoms with Crippen molar-refractivity contribution in [2.75, 3.05) is 5.75 Å². The highest BCUT2D eigenvalue weighted by atomic mass is 32.2. The number of amides is 1. The van der Waals surface area contributed by atoms with E-state index in [0.717, 1.165) is 5.41 Å². The van der Waals surface area contributed by atoms with E-state index in [0.29, 0.717) is 12.8 Å². The maximum atomic E-state index is 11.8. The van der Waals surface area contributed by atoms with Gasteiger partial charge in [-0.2, -0.15) is 0 Å². The van der Waals surface area contributed by atoms with Crippen molar-refractivity contribution in [3.63, 3.8) is 0 Å². The third kappa shape index (κ3) is 3.79. The zero-order valence-corrected chi connectivity index (χ0v) is 11.9. The molecule has 6 nitrogen and oxygen atoms in total.